The zero-order chi connectivity index (χ0) is 30.5. The van der Waals surface area contributed by atoms with Crippen molar-refractivity contribution in [1.29, 1.82) is 0 Å². The summed E-state index contributed by atoms with van der Waals surface area (Å²) in [6.07, 6.45) is 0. The predicted octanol–water partition coefficient (Wildman–Crippen LogP) is 13.2. The summed E-state index contributed by atoms with van der Waals surface area (Å²) in [7, 11) is 0. The summed E-state index contributed by atoms with van der Waals surface area (Å²) in [5, 5.41) is 7.60. The van der Waals surface area contributed by atoms with E-state index in [0.717, 1.165) is 17.1 Å². The van der Waals surface area contributed by atoms with Crippen molar-refractivity contribution < 1.29 is 0 Å². The molecule has 0 saturated heterocycles. The second-order valence-electron chi connectivity index (χ2n) is 11.7. The van der Waals surface area contributed by atoms with Crippen molar-refractivity contribution in [3.8, 4) is 22.3 Å². The Balaban J connectivity index is 1.27. The van der Waals surface area contributed by atoms with Crippen LogP contribution in [0.4, 0.5) is 17.1 Å². The van der Waals surface area contributed by atoms with Crippen LogP contribution in [0.2, 0.25) is 0 Å². The Morgan fingerprint density at radius 1 is 0.370 bits per heavy atom. The van der Waals surface area contributed by atoms with E-state index in [9.17, 15) is 0 Å². The summed E-state index contributed by atoms with van der Waals surface area (Å²) in [6, 6.07) is 64.0. The quantitative estimate of drug-likeness (QED) is 0.189. The average Bonchev–Trinajstić information content (AvgIpc) is 3.51. The van der Waals surface area contributed by atoms with Gasteiger partial charge in [0.25, 0.3) is 0 Å². The number of nitrogens with zero attached hydrogens (tertiary/aromatic N) is 1. The highest BCUT2D eigenvalue weighted by atomic mass is 32.1. The molecule has 0 bridgehead atoms. The molecule has 0 radical (unpaired) electrons. The minimum Gasteiger partial charge on any atom is -0.310 e. The van der Waals surface area contributed by atoms with E-state index in [1.807, 2.05) is 11.3 Å². The minimum atomic E-state index is 1.12. The van der Waals surface area contributed by atoms with Crippen molar-refractivity contribution in [2.24, 2.45) is 0 Å². The van der Waals surface area contributed by atoms with Gasteiger partial charge in [0, 0.05) is 36.9 Å². The van der Waals surface area contributed by atoms with E-state index in [0.29, 0.717) is 0 Å². The topological polar surface area (TPSA) is 3.24 Å². The highest BCUT2D eigenvalue weighted by Crippen LogP contribution is 2.44. The fraction of sp³-hybridized carbons (Fsp3) is 0. The lowest BCUT2D eigenvalue weighted by Gasteiger charge is -2.28. The van der Waals surface area contributed by atoms with Crippen LogP contribution in [0.1, 0.15) is 0 Å². The molecular formula is C44H29NS. The molecule has 216 valence electrons. The van der Waals surface area contributed by atoms with Gasteiger partial charge in [0.15, 0.2) is 0 Å². The van der Waals surface area contributed by atoms with Crippen LogP contribution in [-0.4, -0.2) is 0 Å². The zero-order valence-electron chi connectivity index (χ0n) is 25.1. The third-order valence-corrected chi connectivity index (χ3v) is 10.2. The van der Waals surface area contributed by atoms with Crippen molar-refractivity contribution in [2.45, 2.75) is 0 Å². The van der Waals surface area contributed by atoms with Crippen LogP contribution in [0.15, 0.2) is 176 Å². The molecule has 9 rings (SSSR count). The minimum absolute atomic E-state index is 1.12. The molecule has 1 heterocycles. The van der Waals surface area contributed by atoms with Gasteiger partial charge in [0.05, 0.1) is 5.69 Å². The Labute approximate surface area is 272 Å². The third-order valence-electron chi connectivity index (χ3n) is 9.03. The average molecular weight is 604 g/mol. The van der Waals surface area contributed by atoms with Crippen molar-refractivity contribution in [3.05, 3.63) is 176 Å². The molecule has 0 amide bonds. The molecule has 1 aromatic heterocycles. The predicted molar refractivity (Wildman–Crippen MR) is 200 cm³/mol. The van der Waals surface area contributed by atoms with E-state index in [2.05, 4.69) is 181 Å². The number of anilines is 3. The Morgan fingerprint density at radius 2 is 0.891 bits per heavy atom. The molecule has 0 unspecified atom stereocenters. The summed E-state index contributed by atoms with van der Waals surface area (Å²) in [5.74, 6) is 0. The maximum atomic E-state index is 2.42. The molecule has 0 fully saturated rings. The molecule has 2 heteroatoms. The summed E-state index contributed by atoms with van der Waals surface area (Å²) in [4.78, 5) is 2.42. The van der Waals surface area contributed by atoms with Gasteiger partial charge in [-0.2, -0.15) is 0 Å². The SMILES string of the molecule is c1cc(-c2cccc3ccccc23)cc(N(c2cccc(-c3cccc4sc5ccccc5c34)c2)c2cccc3ccccc23)c1. The van der Waals surface area contributed by atoms with E-state index >= 15 is 0 Å². The first-order chi connectivity index (χ1) is 22.8. The van der Waals surface area contributed by atoms with E-state index in [-0.39, 0.29) is 0 Å². The molecule has 0 atom stereocenters. The number of benzene rings is 8. The summed E-state index contributed by atoms with van der Waals surface area (Å²) in [5.41, 5.74) is 8.32. The normalized spacial score (nSPS) is 11.5. The van der Waals surface area contributed by atoms with Crippen LogP contribution in [0.5, 0.6) is 0 Å². The third kappa shape index (κ3) is 4.46. The molecule has 9 aromatic rings. The maximum absolute atomic E-state index is 2.42. The van der Waals surface area contributed by atoms with Gasteiger partial charge in [-0.3, -0.25) is 0 Å². The van der Waals surface area contributed by atoms with Gasteiger partial charge in [-0.25, -0.2) is 0 Å². The van der Waals surface area contributed by atoms with Gasteiger partial charge < -0.3 is 4.90 Å². The van der Waals surface area contributed by atoms with Crippen LogP contribution in [-0.2, 0) is 0 Å². The monoisotopic (exact) mass is 603 g/mol. The Morgan fingerprint density at radius 3 is 1.67 bits per heavy atom. The smallest absolute Gasteiger partial charge is 0.0540 e. The second-order valence-corrected chi connectivity index (χ2v) is 12.8. The molecule has 1 nitrogen and oxygen atoms in total. The maximum Gasteiger partial charge on any atom is 0.0540 e. The molecule has 0 aliphatic rings. The Hall–Kier alpha value is -5.70. The lowest BCUT2D eigenvalue weighted by atomic mass is 9.97. The fourth-order valence-electron chi connectivity index (χ4n) is 6.95. The molecular weight excluding hydrogens is 575 g/mol. The highest BCUT2D eigenvalue weighted by Gasteiger charge is 2.18. The number of hydrogen-bond acceptors (Lipinski definition) is 2. The Kier molecular flexibility index (Phi) is 6.40. The van der Waals surface area contributed by atoms with Gasteiger partial charge in [-0.1, -0.05) is 133 Å². The van der Waals surface area contributed by atoms with Crippen molar-refractivity contribution in [3.63, 3.8) is 0 Å². The lowest BCUT2D eigenvalue weighted by Crippen LogP contribution is -2.10. The summed E-state index contributed by atoms with van der Waals surface area (Å²) in [6.45, 7) is 0. The molecule has 0 aliphatic heterocycles. The van der Waals surface area contributed by atoms with Crippen LogP contribution < -0.4 is 4.90 Å². The van der Waals surface area contributed by atoms with Gasteiger partial charge in [-0.15, -0.1) is 11.3 Å². The molecule has 0 spiro atoms. The van der Waals surface area contributed by atoms with Crippen molar-refractivity contribution in [1.82, 2.24) is 0 Å². The largest absolute Gasteiger partial charge is 0.310 e. The fourth-order valence-corrected chi connectivity index (χ4v) is 8.08. The number of thiophene rings is 1. The first-order valence-electron chi connectivity index (χ1n) is 15.7. The zero-order valence-corrected chi connectivity index (χ0v) is 25.9. The summed E-state index contributed by atoms with van der Waals surface area (Å²) < 4.78 is 2.64. The van der Waals surface area contributed by atoms with Crippen LogP contribution in [0.3, 0.4) is 0 Å². The first kappa shape index (κ1) is 26.7. The van der Waals surface area contributed by atoms with Gasteiger partial charge in [0.1, 0.15) is 0 Å². The molecule has 0 N–H and O–H groups in total. The number of fused-ring (bicyclic) bond motifs is 5. The van der Waals surface area contributed by atoms with Crippen LogP contribution >= 0.6 is 11.3 Å². The van der Waals surface area contributed by atoms with Crippen LogP contribution in [0, 0.1) is 0 Å². The van der Waals surface area contributed by atoms with Crippen molar-refractivity contribution >= 4 is 70.1 Å². The van der Waals surface area contributed by atoms with Crippen molar-refractivity contribution in [2.75, 3.05) is 4.90 Å². The molecule has 0 aliphatic carbocycles. The van der Waals surface area contributed by atoms with Crippen LogP contribution in [0.25, 0.3) is 64.0 Å². The molecule has 8 aromatic carbocycles. The van der Waals surface area contributed by atoms with Gasteiger partial charge in [-0.05, 0) is 80.9 Å². The number of hydrogen-bond donors (Lipinski definition) is 0. The standard InChI is InChI=1S/C44H29NS/c1-3-20-36-30(12-1)14-9-23-37(36)32-16-7-18-34(28-32)45(41-25-10-15-31-13-2-4-21-38(31)41)35-19-8-17-33(29-35)39-24-11-27-43-44(39)40-22-5-6-26-42(40)46-43/h1-29H. The van der Waals surface area contributed by atoms with E-state index < -0.39 is 0 Å². The van der Waals surface area contributed by atoms with E-state index in [1.165, 1.54) is 64.0 Å². The van der Waals surface area contributed by atoms with Gasteiger partial charge in [0.2, 0.25) is 0 Å². The summed E-state index contributed by atoms with van der Waals surface area (Å²) >= 11 is 1.87. The van der Waals surface area contributed by atoms with Gasteiger partial charge >= 0.3 is 0 Å². The highest BCUT2D eigenvalue weighted by molar-refractivity contribution is 7.25. The second kappa shape index (κ2) is 11.0. The molecule has 46 heavy (non-hydrogen) atoms. The first-order valence-corrected chi connectivity index (χ1v) is 16.5. The van der Waals surface area contributed by atoms with E-state index in [4.69, 9.17) is 0 Å². The lowest BCUT2D eigenvalue weighted by molar-refractivity contribution is 1.30. The number of rotatable bonds is 5. The Bertz CT molecular complexity index is 2550. The van der Waals surface area contributed by atoms with E-state index in [1.54, 1.807) is 0 Å². The molecule has 0 saturated carbocycles.